The molecule has 148 valence electrons. The number of nitrogens with one attached hydrogen (secondary N) is 1. The SMILES string of the molecule is Cc1nc(-c2ccccc2Cl)sc1CNS(=O)(=O)c1ccccc1C(F)(F)F. The summed E-state index contributed by atoms with van der Waals surface area (Å²) in [4.78, 5) is 4.17. The topological polar surface area (TPSA) is 59.1 Å². The van der Waals surface area contributed by atoms with Crippen molar-refractivity contribution in [2.75, 3.05) is 0 Å². The number of aromatic nitrogens is 1. The average molecular weight is 447 g/mol. The smallest absolute Gasteiger partial charge is 0.241 e. The van der Waals surface area contributed by atoms with Crippen LogP contribution in [0, 0.1) is 6.92 Å². The third kappa shape index (κ3) is 4.38. The summed E-state index contributed by atoms with van der Waals surface area (Å²) in [5.41, 5.74) is 0.0702. The molecule has 0 spiro atoms. The van der Waals surface area contributed by atoms with Gasteiger partial charge in [0.05, 0.1) is 21.2 Å². The van der Waals surface area contributed by atoms with Crippen LogP contribution < -0.4 is 4.72 Å². The lowest BCUT2D eigenvalue weighted by molar-refractivity contribution is -0.139. The minimum atomic E-state index is -4.77. The molecule has 10 heteroatoms. The summed E-state index contributed by atoms with van der Waals surface area (Å²) in [6, 6.07) is 11.1. The molecular formula is C18H14ClF3N2O2S2. The first-order valence-corrected chi connectivity index (χ1v) is 10.6. The summed E-state index contributed by atoms with van der Waals surface area (Å²) in [5, 5.41) is 1.11. The van der Waals surface area contributed by atoms with E-state index in [9.17, 15) is 21.6 Å². The van der Waals surface area contributed by atoms with E-state index in [1.54, 1.807) is 31.2 Å². The Morgan fingerprint density at radius 2 is 1.75 bits per heavy atom. The largest absolute Gasteiger partial charge is 0.417 e. The molecule has 28 heavy (non-hydrogen) atoms. The van der Waals surface area contributed by atoms with E-state index in [0.29, 0.717) is 26.2 Å². The number of alkyl halides is 3. The molecule has 4 nitrogen and oxygen atoms in total. The van der Waals surface area contributed by atoms with E-state index in [-0.39, 0.29) is 6.54 Å². The zero-order valence-electron chi connectivity index (χ0n) is 14.4. The third-order valence-corrected chi connectivity index (χ3v) is 6.88. The van der Waals surface area contributed by atoms with Gasteiger partial charge < -0.3 is 0 Å². The van der Waals surface area contributed by atoms with Crippen LogP contribution in [0.15, 0.2) is 53.4 Å². The number of rotatable bonds is 5. The Labute approximate surface area is 169 Å². The highest BCUT2D eigenvalue weighted by molar-refractivity contribution is 7.89. The number of thiazole rings is 1. The number of benzene rings is 2. The van der Waals surface area contributed by atoms with E-state index in [1.807, 2.05) is 0 Å². The van der Waals surface area contributed by atoms with E-state index in [0.717, 1.165) is 18.2 Å². The van der Waals surface area contributed by atoms with E-state index in [1.165, 1.54) is 17.4 Å². The highest BCUT2D eigenvalue weighted by Crippen LogP contribution is 2.35. The molecule has 0 aliphatic rings. The number of aryl methyl sites for hydroxylation is 1. The Hall–Kier alpha value is -1.94. The maximum atomic E-state index is 13.1. The van der Waals surface area contributed by atoms with Crippen LogP contribution in [0.4, 0.5) is 13.2 Å². The molecule has 1 N–H and O–H groups in total. The molecule has 0 amide bonds. The molecule has 0 saturated heterocycles. The monoisotopic (exact) mass is 446 g/mol. The Kier molecular flexibility index (Phi) is 5.81. The lowest BCUT2D eigenvalue weighted by Gasteiger charge is -2.13. The predicted molar refractivity (Wildman–Crippen MR) is 103 cm³/mol. The van der Waals surface area contributed by atoms with Gasteiger partial charge in [-0.2, -0.15) is 13.2 Å². The van der Waals surface area contributed by atoms with E-state index in [2.05, 4.69) is 9.71 Å². The van der Waals surface area contributed by atoms with Crippen LogP contribution in [0.3, 0.4) is 0 Å². The van der Waals surface area contributed by atoms with Gasteiger partial charge in [0.1, 0.15) is 5.01 Å². The molecule has 0 unspecified atom stereocenters. The van der Waals surface area contributed by atoms with Crippen LogP contribution in [-0.4, -0.2) is 13.4 Å². The van der Waals surface area contributed by atoms with Crippen molar-refractivity contribution in [3.8, 4) is 10.6 Å². The summed E-state index contributed by atoms with van der Waals surface area (Å²) in [6.07, 6.45) is -4.77. The maximum absolute atomic E-state index is 13.1. The van der Waals surface area contributed by atoms with Gasteiger partial charge in [-0.05, 0) is 25.1 Å². The molecule has 2 aromatic carbocycles. The first-order valence-electron chi connectivity index (χ1n) is 7.96. The second kappa shape index (κ2) is 7.82. The molecule has 0 saturated carbocycles. The van der Waals surface area contributed by atoms with Gasteiger partial charge in [-0.25, -0.2) is 18.1 Å². The lowest BCUT2D eigenvalue weighted by Crippen LogP contribution is -2.26. The van der Waals surface area contributed by atoms with Crippen molar-refractivity contribution >= 4 is 33.0 Å². The highest BCUT2D eigenvalue weighted by atomic mass is 35.5. The summed E-state index contributed by atoms with van der Waals surface area (Å²) >= 11 is 7.39. The van der Waals surface area contributed by atoms with Gasteiger partial charge in [-0.15, -0.1) is 11.3 Å². The quantitative estimate of drug-likeness (QED) is 0.581. The molecule has 1 aromatic heterocycles. The summed E-state index contributed by atoms with van der Waals surface area (Å²) in [5.74, 6) is 0. The van der Waals surface area contributed by atoms with Crippen molar-refractivity contribution in [3.63, 3.8) is 0 Å². The molecule has 3 rings (SSSR count). The van der Waals surface area contributed by atoms with Crippen molar-refractivity contribution < 1.29 is 21.6 Å². The second-order valence-electron chi connectivity index (χ2n) is 5.83. The number of nitrogens with zero attached hydrogens (tertiary/aromatic N) is 1. The van der Waals surface area contributed by atoms with Crippen LogP contribution in [-0.2, 0) is 22.7 Å². The van der Waals surface area contributed by atoms with Crippen LogP contribution in [0.25, 0.3) is 10.6 Å². The van der Waals surface area contributed by atoms with Gasteiger partial charge in [-0.1, -0.05) is 41.9 Å². The molecule has 0 radical (unpaired) electrons. The predicted octanol–water partition coefficient (Wildman–Crippen LogP) is 5.27. The van der Waals surface area contributed by atoms with Crippen molar-refractivity contribution in [3.05, 3.63) is 69.7 Å². The van der Waals surface area contributed by atoms with Gasteiger partial charge >= 0.3 is 6.18 Å². The van der Waals surface area contributed by atoms with Crippen LogP contribution in [0.5, 0.6) is 0 Å². The maximum Gasteiger partial charge on any atom is 0.417 e. The zero-order valence-corrected chi connectivity index (χ0v) is 16.8. The van der Waals surface area contributed by atoms with Gasteiger partial charge in [0.15, 0.2) is 0 Å². The summed E-state index contributed by atoms with van der Waals surface area (Å²) in [7, 11) is -4.37. The third-order valence-electron chi connectivity index (χ3n) is 3.90. The zero-order chi connectivity index (χ0) is 20.5. The van der Waals surface area contributed by atoms with E-state index in [4.69, 9.17) is 11.6 Å². The number of halogens is 4. The Balaban J connectivity index is 1.86. The van der Waals surface area contributed by atoms with Crippen molar-refractivity contribution in [1.29, 1.82) is 0 Å². The Morgan fingerprint density at radius 3 is 2.43 bits per heavy atom. The summed E-state index contributed by atoms with van der Waals surface area (Å²) < 4.78 is 66.5. The van der Waals surface area contributed by atoms with E-state index >= 15 is 0 Å². The first kappa shape index (κ1) is 20.8. The standard InChI is InChI=1S/C18H14ClF3N2O2S2/c1-11-15(27-17(24-11)12-6-2-4-8-14(12)19)10-23-28(25,26)16-9-5-3-7-13(16)18(20,21)22/h2-9,23H,10H2,1H3. The molecule has 0 atom stereocenters. The van der Waals surface area contributed by atoms with Crippen LogP contribution in [0.1, 0.15) is 16.1 Å². The van der Waals surface area contributed by atoms with Gasteiger partial charge in [-0.3, -0.25) is 0 Å². The molecule has 0 aliphatic heterocycles. The Morgan fingerprint density at radius 1 is 1.11 bits per heavy atom. The average Bonchev–Trinajstić information content (AvgIpc) is 3.00. The van der Waals surface area contributed by atoms with Crippen LogP contribution in [0.2, 0.25) is 5.02 Å². The normalized spacial score (nSPS) is 12.3. The van der Waals surface area contributed by atoms with Gasteiger partial charge in [0.2, 0.25) is 10.0 Å². The van der Waals surface area contributed by atoms with Crippen LogP contribution >= 0.6 is 22.9 Å². The molecule has 0 bridgehead atoms. The first-order chi connectivity index (χ1) is 13.1. The highest BCUT2D eigenvalue weighted by Gasteiger charge is 2.36. The van der Waals surface area contributed by atoms with Gasteiger partial charge in [0.25, 0.3) is 0 Å². The van der Waals surface area contributed by atoms with Crippen molar-refractivity contribution in [1.82, 2.24) is 9.71 Å². The fourth-order valence-corrected chi connectivity index (χ4v) is 5.15. The number of hydrogen-bond acceptors (Lipinski definition) is 4. The molecule has 1 heterocycles. The second-order valence-corrected chi connectivity index (χ2v) is 9.05. The molecule has 3 aromatic rings. The lowest BCUT2D eigenvalue weighted by atomic mass is 10.2. The van der Waals surface area contributed by atoms with Crippen molar-refractivity contribution in [2.45, 2.75) is 24.5 Å². The van der Waals surface area contributed by atoms with Crippen molar-refractivity contribution in [2.24, 2.45) is 0 Å². The summed E-state index contributed by atoms with van der Waals surface area (Å²) in [6.45, 7) is 1.52. The minimum absolute atomic E-state index is 0.178. The fourth-order valence-electron chi connectivity index (χ4n) is 2.52. The fraction of sp³-hybridized carbons (Fsp3) is 0.167. The Bertz CT molecular complexity index is 1110. The van der Waals surface area contributed by atoms with E-state index < -0.39 is 26.7 Å². The number of sulfonamides is 1. The van der Waals surface area contributed by atoms with Gasteiger partial charge in [0, 0.05) is 17.0 Å². The molecule has 0 aliphatic carbocycles. The molecular weight excluding hydrogens is 433 g/mol. The number of hydrogen-bond donors (Lipinski definition) is 1. The minimum Gasteiger partial charge on any atom is -0.241 e. The molecule has 0 fully saturated rings.